The molecule has 0 aliphatic rings. The van der Waals surface area contributed by atoms with Crippen LogP contribution in [-0.2, 0) is 16.1 Å². The lowest BCUT2D eigenvalue weighted by Crippen LogP contribution is -2.26. The number of rotatable bonds is 8. The topological polar surface area (TPSA) is 102 Å². The molecule has 128 valence electrons. The third kappa shape index (κ3) is 5.88. The van der Waals surface area contributed by atoms with Gasteiger partial charge in [-0.15, -0.1) is 0 Å². The van der Waals surface area contributed by atoms with Gasteiger partial charge in [-0.2, -0.15) is 15.0 Å². The van der Waals surface area contributed by atoms with Crippen LogP contribution in [0.15, 0.2) is 24.5 Å². The number of carbonyl (C=O) groups is 1. The van der Waals surface area contributed by atoms with Crippen LogP contribution in [0.25, 0.3) is 0 Å². The number of hydrogen-bond acceptors (Lipinski definition) is 7. The number of carbonyl (C=O) groups excluding carboxylic acids is 1. The van der Waals surface area contributed by atoms with E-state index in [1.165, 1.54) is 6.92 Å². The van der Waals surface area contributed by atoms with Gasteiger partial charge in [-0.1, -0.05) is 13.0 Å². The van der Waals surface area contributed by atoms with E-state index in [9.17, 15) is 4.79 Å². The molecule has 2 aromatic heterocycles. The van der Waals surface area contributed by atoms with E-state index in [2.05, 4.69) is 30.6 Å². The Morgan fingerprint density at radius 3 is 2.75 bits per heavy atom. The molecule has 0 radical (unpaired) electrons. The summed E-state index contributed by atoms with van der Waals surface area (Å²) in [6.45, 7) is 6.21. The molecule has 0 saturated heterocycles. The Balaban J connectivity index is 1.92. The highest BCUT2D eigenvalue weighted by Gasteiger charge is 2.11. The molecule has 1 amide bonds. The van der Waals surface area contributed by atoms with Gasteiger partial charge in [0, 0.05) is 19.3 Å². The molecule has 0 fully saturated rings. The first-order valence-corrected chi connectivity index (χ1v) is 7.80. The molecule has 1 unspecified atom stereocenters. The summed E-state index contributed by atoms with van der Waals surface area (Å²) < 4.78 is 5.73. The van der Waals surface area contributed by atoms with Crippen LogP contribution >= 0.6 is 0 Å². The number of aromatic nitrogens is 4. The van der Waals surface area contributed by atoms with Gasteiger partial charge in [-0.25, -0.2) is 0 Å². The van der Waals surface area contributed by atoms with Gasteiger partial charge in [-0.3, -0.25) is 15.1 Å². The number of pyridine rings is 1. The highest BCUT2D eigenvalue weighted by molar-refractivity contribution is 5.86. The third-order valence-electron chi connectivity index (χ3n) is 3.17. The largest absolute Gasteiger partial charge is 0.375 e. The van der Waals surface area contributed by atoms with Crippen molar-refractivity contribution in [2.45, 2.75) is 39.8 Å². The van der Waals surface area contributed by atoms with Crippen molar-refractivity contribution in [1.82, 2.24) is 19.9 Å². The predicted octanol–water partition coefficient (Wildman–Crippen LogP) is 1.94. The number of amides is 1. The summed E-state index contributed by atoms with van der Waals surface area (Å²) >= 11 is 0. The molecule has 2 heterocycles. The Morgan fingerprint density at radius 1 is 1.29 bits per heavy atom. The van der Waals surface area contributed by atoms with Crippen molar-refractivity contribution in [2.24, 2.45) is 0 Å². The zero-order chi connectivity index (χ0) is 17.4. The SMILES string of the molecule is CCC(COCc1cccnc1)Nc1nc(C)nc(NC(C)=O)n1. The molecule has 24 heavy (non-hydrogen) atoms. The molecular formula is C16H22N6O2. The average Bonchev–Trinajstić information content (AvgIpc) is 2.53. The minimum absolute atomic E-state index is 0.0497. The van der Waals surface area contributed by atoms with Gasteiger partial charge in [0.05, 0.1) is 19.3 Å². The second kappa shape index (κ2) is 8.88. The summed E-state index contributed by atoms with van der Waals surface area (Å²) in [7, 11) is 0. The molecule has 0 aliphatic heterocycles. The van der Waals surface area contributed by atoms with Crippen LogP contribution in [0.5, 0.6) is 0 Å². The van der Waals surface area contributed by atoms with Gasteiger partial charge in [-0.05, 0) is 25.0 Å². The van der Waals surface area contributed by atoms with Crippen molar-refractivity contribution in [3.63, 3.8) is 0 Å². The summed E-state index contributed by atoms with van der Waals surface area (Å²) in [4.78, 5) is 27.7. The fraction of sp³-hybridized carbons (Fsp3) is 0.438. The number of hydrogen-bond donors (Lipinski definition) is 2. The second-order valence-electron chi connectivity index (χ2n) is 5.34. The molecule has 0 bridgehead atoms. The van der Waals surface area contributed by atoms with Gasteiger partial charge in [0.25, 0.3) is 0 Å². The molecule has 0 aromatic carbocycles. The van der Waals surface area contributed by atoms with Crippen LogP contribution in [0, 0.1) is 6.92 Å². The van der Waals surface area contributed by atoms with Crippen LogP contribution in [0.1, 0.15) is 31.7 Å². The molecule has 2 aromatic rings. The fourth-order valence-electron chi connectivity index (χ4n) is 2.01. The van der Waals surface area contributed by atoms with Crippen molar-refractivity contribution >= 4 is 17.8 Å². The highest BCUT2D eigenvalue weighted by Crippen LogP contribution is 2.09. The van der Waals surface area contributed by atoms with Gasteiger partial charge in [0.1, 0.15) is 5.82 Å². The summed E-state index contributed by atoms with van der Waals surface area (Å²) in [6.07, 6.45) is 4.35. The van der Waals surface area contributed by atoms with E-state index in [0.29, 0.717) is 25.0 Å². The van der Waals surface area contributed by atoms with Gasteiger partial charge < -0.3 is 10.1 Å². The molecule has 2 N–H and O–H groups in total. The van der Waals surface area contributed by atoms with Crippen LogP contribution in [0.2, 0.25) is 0 Å². The number of aryl methyl sites for hydroxylation is 1. The maximum Gasteiger partial charge on any atom is 0.234 e. The molecule has 8 heteroatoms. The maximum atomic E-state index is 11.1. The maximum absolute atomic E-state index is 11.1. The van der Waals surface area contributed by atoms with Crippen LogP contribution in [-0.4, -0.2) is 38.5 Å². The normalized spacial score (nSPS) is 11.8. The van der Waals surface area contributed by atoms with Crippen LogP contribution < -0.4 is 10.6 Å². The number of nitrogens with zero attached hydrogens (tertiary/aromatic N) is 4. The highest BCUT2D eigenvalue weighted by atomic mass is 16.5. The molecule has 0 aliphatic carbocycles. The lowest BCUT2D eigenvalue weighted by molar-refractivity contribution is -0.114. The van der Waals surface area contributed by atoms with Crippen molar-refractivity contribution in [3.05, 3.63) is 35.9 Å². The van der Waals surface area contributed by atoms with Gasteiger partial charge in [0.2, 0.25) is 17.8 Å². The molecule has 2 rings (SSSR count). The van der Waals surface area contributed by atoms with Gasteiger partial charge >= 0.3 is 0 Å². The first-order chi connectivity index (χ1) is 11.6. The zero-order valence-electron chi connectivity index (χ0n) is 14.1. The van der Waals surface area contributed by atoms with Crippen molar-refractivity contribution < 1.29 is 9.53 Å². The first kappa shape index (κ1) is 17.7. The van der Waals surface area contributed by atoms with E-state index >= 15 is 0 Å². The summed E-state index contributed by atoms with van der Waals surface area (Å²) in [5.74, 6) is 0.965. The molecular weight excluding hydrogens is 308 g/mol. The molecule has 0 spiro atoms. The number of ether oxygens (including phenoxy) is 1. The van der Waals surface area contributed by atoms with Crippen LogP contribution in [0.3, 0.4) is 0 Å². The van der Waals surface area contributed by atoms with E-state index < -0.39 is 0 Å². The monoisotopic (exact) mass is 330 g/mol. The number of nitrogens with one attached hydrogen (secondary N) is 2. The summed E-state index contributed by atoms with van der Waals surface area (Å²) in [5.41, 5.74) is 1.02. The number of anilines is 2. The first-order valence-electron chi connectivity index (χ1n) is 7.80. The lowest BCUT2D eigenvalue weighted by Gasteiger charge is -2.17. The smallest absolute Gasteiger partial charge is 0.234 e. The summed E-state index contributed by atoms with van der Waals surface area (Å²) in [6, 6.07) is 3.90. The van der Waals surface area contributed by atoms with Crippen molar-refractivity contribution in [3.8, 4) is 0 Å². The van der Waals surface area contributed by atoms with E-state index in [0.717, 1.165) is 12.0 Å². The Kier molecular flexibility index (Phi) is 6.56. The molecule has 0 saturated carbocycles. The minimum atomic E-state index is -0.224. The van der Waals surface area contributed by atoms with E-state index in [1.54, 1.807) is 19.3 Å². The Bertz CT molecular complexity index is 665. The lowest BCUT2D eigenvalue weighted by atomic mass is 10.2. The summed E-state index contributed by atoms with van der Waals surface area (Å²) in [5, 5.41) is 5.78. The van der Waals surface area contributed by atoms with E-state index in [1.807, 2.05) is 19.1 Å². The van der Waals surface area contributed by atoms with E-state index in [4.69, 9.17) is 4.74 Å². The quantitative estimate of drug-likeness (QED) is 0.762. The standard InChI is InChI=1S/C16H22N6O2/c1-4-14(10-24-9-13-6-5-7-17-8-13)21-16-19-11(2)18-15(22-16)20-12(3)23/h5-8,14H,4,9-10H2,1-3H3,(H2,18,19,20,21,22,23). The molecule has 8 nitrogen and oxygen atoms in total. The van der Waals surface area contributed by atoms with Crippen molar-refractivity contribution in [1.29, 1.82) is 0 Å². The Hall–Kier alpha value is -2.61. The van der Waals surface area contributed by atoms with Gasteiger partial charge in [0.15, 0.2) is 0 Å². The molecule has 1 atom stereocenters. The predicted molar refractivity (Wildman–Crippen MR) is 90.5 cm³/mol. The fourth-order valence-corrected chi connectivity index (χ4v) is 2.01. The van der Waals surface area contributed by atoms with Crippen molar-refractivity contribution in [2.75, 3.05) is 17.2 Å². The Morgan fingerprint density at radius 2 is 2.08 bits per heavy atom. The Labute approximate surface area is 141 Å². The van der Waals surface area contributed by atoms with Crippen LogP contribution in [0.4, 0.5) is 11.9 Å². The average molecular weight is 330 g/mol. The van der Waals surface area contributed by atoms with E-state index in [-0.39, 0.29) is 17.9 Å². The third-order valence-corrected chi connectivity index (χ3v) is 3.17. The second-order valence-corrected chi connectivity index (χ2v) is 5.34. The minimum Gasteiger partial charge on any atom is -0.375 e. The zero-order valence-corrected chi connectivity index (χ0v) is 14.1.